The maximum Gasteiger partial charge on any atom is 0.329 e. The van der Waals surface area contributed by atoms with E-state index in [1.54, 1.807) is 7.11 Å². The van der Waals surface area contributed by atoms with Gasteiger partial charge in [-0.25, -0.2) is 10.6 Å². The highest BCUT2D eigenvalue weighted by molar-refractivity contribution is 5.73. The fourth-order valence-corrected chi connectivity index (χ4v) is 1.28. The molecule has 0 saturated heterocycles. The van der Waals surface area contributed by atoms with Gasteiger partial charge in [-0.1, -0.05) is 12.1 Å². The number of urea groups is 1. The van der Waals surface area contributed by atoms with Crippen LogP contribution >= 0.6 is 0 Å². The van der Waals surface area contributed by atoms with Crippen LogP contribution in [0.25, 0.3) is 0 Å². The lowest BCUT2D eigenvalue weighted by Gasteiger charge is -2.08. The van der Waals surface area contributed by atoms with Crippen molar-refractivity contribution in [1.82, 2.24) is 10.7 Å². The molecule has 1 rings (SSSR count). The number of methoxy groups -OCH3 is 1. The lowest BCUT2D eigenvalue weighted by atomic mass is 10.1. The van der Waals surface area contributed by atoms with Crippen molar-refractivity contribution >= 4 is 6.03 Å². The fourth-order valence-electron chi connectivity index (χ4n) is 1.28. The summed E-state index contributed by atoms with van der Waals surface area (Å²) in [5, 5.41) is 2.60. The molecule has 0 bridgehead atoms. The summed E-state index contributed by atoms with van der Waals surface area (Å²) in [6, 6.07) is 5.31. The van der Waals surface area contributed by atoms with Gasteiger partial charge < -0.3 is 10.1 Å². The number of ether oxygens (including phenoxy) is 1. The molecule has 0 aromatic heterocycles. The van der Waals surface area contributed by atoms with Crippen LogP contribution in [0, 0.1) is 6.92 Å². The Morgan fingerprint density at radius 2 is 2.27 bits per heavy atom. The highest BCUT2D eigenvalue weighted by Crippen LogP contribution is 2.18. The molecule has 4 N–H and O–H groups in total. The van der Waals surface area contributed by atoms with Crippen molar-refractivity contribution in [1.29, 1.82) is 0 Å². The summed E-state index contributed by atoms with van der Waals surface area (Å²) >= 11 is 0. The summed E-state index contributed by atoms with van der Waals surface area (Å²) < 4.78 is 5.13. The molecule has 15 heavy (non-hydrogen) atoms. The normalized spacial score (nSPS) is 9.53. The molecule has 0 spiro atoms. The van der Waals surface area contributed by atoms with Gasteiger partial charge in [0.15, 0.2) is 0 Å². The Labute approximate surface area is 88.6 Å². The zero-order valence-corrected chi connectivity index (χ0v) is 8.83. The number of benzene rings is 1. The maximum absolute atomic E-state index is 10.8. The van der Waals surface area contributed by atoms with Crippen LogP contribution in [0.3, 0.4) is 0 Å². The van der Waals surface area contributed by atoms with Crippen LogP contribution in [0.1, 0.15) is 11.1 Å². The Balaban J connectivity index is 2.63. The number of nitrogens with one attached hydrogen (secondary N) is 2. The van der Waals surface area contributed by atoms with Crippen LogP contribution in [0.5, 0.6) is 5.75 Å². The van der Waals surface area contributed by atoms with Crippen LogP contribution in [-0.2, 0) is 6.54 Å². The molecule has 2 amide bonds. The number of amides is 2. The minimum Gasteiger partial charge on any atom is -0.496 e. The molecule has 0 unspecified atom stereocenters. The molecular weight excluding hydrogens is 194 g/mol. The van der Waals surface area contributed by atoms with Gasteiger partial charge in [-0.15, -0.1) is 0 Å². The van der Waals surface area contributed by atoms with Gasteiger partial charge in [0.2, 0.25) is 0 Å². The SMILES string of the molecule is COc1ccc(CNC(=O)NN)cc1C. The number of carbonyl (C=O) groups excluding carboxylic acids is 1. The predicted octanol–water partition coefficient (Wildman–Crippen LogP) is 0.677. The van der Waals surface area contributed by atoms with E-state index in [0.717, 1.165) is 16.9 Å². The molecular formula is C10H15N3O2. The highest BCUT2D eigenvalue weighted by atomic mass is 16.5. The Hall–Kier alpha value is -1.75. The Bertz CT molecular complexity index is 353. The summed E-state index contributed by atoms with van der Waals surface area (Å²) in [6.07, 6.45) is 0. The lowest BCUT2D eigenvalue weighted by Crippen LogP contribution is -2.39. The van der Waals surface area contributed by atoms with Gasteiger partial charge in [0.05, 0.1) is 7.11 Å². The topological polar surface area (TPSA) is 76.4 Å². The highest BCUT2D eigenvalue weighted by Gasteiger charge is 2.01. The molecule has 0 aliphatic rings. The summed E-state index contributed by atoms with van der Waals surface area (Å²) in [7, 11) is 1.63. The maximum atomic E-state index is 10.8. The number of nitrogens with two attached hydrogens (primary N) is 1. The van der Waals surface area contributed by atoms with Crippen molar-refractivity contribution in [3.05, 3.63) is 29.3 Å². The van der Waals surface area contributed by atoms with E-state index in [1.807, 2.05) is 30.5 Å². The number of carbonyl (C=O) groups is 1. The average Bonchev–Trinajstić information content (AvgIpc) is 2.26. The zero-order chi connectivity index (χ0) is 11.3. The first-order valence-electron chi connectivity index (χ1n) is 4.55. The molecule has 1 aromatic rings. The van der Waals surface area contributed by atoms with E-state index >= 15 is 0 Å². The van der Waals surface area contributed by atoms with Crippen molar-refractivity contribution in [2.24, 2.45) is 5.84 Å². The van der Waals surface area contributed by atoms with Crippen molar-refractivity contribution in [2.45, 2.75) is 13.5 Å². The standard InChI is InChI=1S/C10H15N3O2/c1-7-5-8(3-4-9(7)15-2)6-12-10(14)13-11/h3-5H,6,11H2,1-2H3,(H2,12,13,14). The van der Waals surface area contributed by atoms with Crippen molar-refractivity contribution in [3.63, 3.8) is 0 Å². The molecule has 5 nitrogen and oxygen atoms in total. The van der Waals surface area contributed by atoms with E-state index in [0.29, 0.717) is 6.54 Å². The average molecular weight is 209 g/mol. The van der Waals surface area contributed by atoms with Gasteiger partial charge in [0.25, 0.3) is 0 Å². The molecule has 0 heterocycles. The summed E-state index contributed by atoms with van der Waals surface area (Å²) in [5.74, 6) is 5.76. The number of hydrazine groups is 1. The first kappa shape index (κ1) is 11.3. The Morgan fingerprint density at radius 1 is 1.53 bits per heavy atom. The van der Waals surface area contributed by atoms with E-state index in [9.17, 15) is 4.79 Å². The van der Waals surface area contributed by atoms with Gasteiger partial charge >= 0.3 is 6.03 Å². The second-order valence-corrected chi connectivity index (χ2v) is 3.13. The van der Waals surface area contributed by atoms with Gasteiger partial charge in [0.1, 0.15) is 5.75 Å². The summed E-state index contributed by atoms with van der Waals surface area (Å²) in [6.45, 7) is 2.39. The molecule has 0 aliphatic carbocycles. The fraction of sp³-hybridized carbons (Fsp3) is 0.300. The van der Waals surface area contributed by atoms with Crippen LogP contribution in [0.15, 0.2) is 18.2 Å². The third-order valence-corrected chi connectivity index (χ3v) is 2.04. The van der Waals surface area contributed by atoms with E-state index in [-0.39, 0.29) is 0 Å². The molecule has 0 radical (unpaired) electrons. The van der Waals surface area contributed by atoms with E-state index in [4.69, 9.17) is 10.6 Å². The molecule has 0 atom stereocenters. The van der Waals surface area contributed by atoms with Gasteiger partial charge in [0, 0.05) is 6.54 Å². The quantitative estimate of drug-likeness (QED) is 0.389. The second-order valence-electron chi connectivity index (χ2n) is 3.13. The van der Waals surface area contributed by atoms with E-state index in [1.165, 1.54) is 0 Å². The number of rotatable bonds is 3. The Kier molecular flexibility index (Phi) is 3.93. The number of hydrogen-bond donors (Lipinski definition) is 3. The molecule has 82 valence electrons. The molecule has 1 aromatic carbocycles. The minimum atomic E-state index is -0.400. The number of hydrogen-bond acceptors (Lipinski definition) is 3. The van der Waals surface area contributed by atoms with Gasteiger partial charge in [-0.3, -0.25) is 5.43 Å². The lowest BCUT2D eigenvalue weighted by molar-refractivity contribution is 0.241. The second kappa shape index (κ2) is 5.21. The summed E-state index contributed by atoms with van der Waals surface area (Å²) in [5.41, 5.74) is 4.03. The number of aryl methyl sites for hydroxylation is 1. The third kappa shape index (κ3) is 3.14. The smallest absolute Gasteiger partial charge is 0.329 e. The molecule has 5 heteroatoms. The van der Waals surface area contributed by atoms with Crippen LogP contribution < -0.4 is 21.3 Å². The largest absolute Gasteiger partial charge is 0.496 e. The van der Waals surface area contributed by atoms with Gasteiger partial charge in [-0.2, -0.15) is 0 Å². The first-order valence-corrected chi connectivity index (χ1v) is 4.55. The van der Waals surface area contributed by atoms with Crippen LogP contribution in [0.2, 0.25) is 0 Å². The molecule has 0 aliphatic heterocycles. The van der Waals surface area contributed by atoms with Crippen molar-refractivity contribution in [3.8, 4) is 5.75 Å². The van der Waals surface area contributed by atoms with Crippen molar-refractivity contribution < 1.29 is 9.53 Å². The van der Waals surface area contributed by atoms with Gasteiger partial charge in [-0.05, 0) is 24.1 Å². The molecule has 0 fully saturated rings. The summed E-state index contributed by atoms with van der Waals surface area (Å²) in [4.78, 5) is 10.8. The van der Waals surface area contributed by atoms with E-state index < -0.39 is 6.03 Å². The van der Waals surface area contributed by atoms with Crippen LogP contribution in [-0.4, -0.2) is 13.1 Å². The third-order valence-electron chi connectivity index (χ3n) is 2.04. The predicted molar refractivity (Wildman–Crippen MR) is 57.3 cm³/mol. The van der Waals surface area contributed by atoms with Crippen LogP contribution in [0.4, 0.5) is 4.79 Å². The monoisotopic (exact) mass is 209 g/mol. The van der Waals surface area contributed by atoms with E-state index in [2.05, 4.69) is 5.32 Å². The Morgan fingerprint density at radius 3 is 2.80 bits per heavy atom. The minimum absolute atomic E-state index is 0.400. The molecule has 0 saturated carbocycles. The zero-order valence-electron chi connectivity index (χ0n) is 8.83. The first-order chi connectivity index (χ1) is 7.17. The van der Waals surface area contributed by atoms with Crippen molar-refractivity contribution in [2.75, 3.05) is 7.11 Å².